The molecular formula is C19H26N2O2. The van der Waals surface area contributed by atoms with Gasteiger partial charge in [0, 0.05) is 17.8 Å². The van der Waals surface area contributed by atoms with Crippen molar-refractivity contribution in [1.82, 2.24) is 0 Å². The molecule has 23 heavy (non-hydrogen) atoms. The maximum Gasteiger partial charge on any atom is 0.125 e. The molecule has 0 unspecified atom stereocenters. The zero-order chi connectivity index (χ0) is 16.6. The Hall–Kier alpha value is -1.81. The van der Waals surface area contributed by atoms with E-state index >= 15 is 0 Å². The number of benzene rings is 1. The number of aliphatic hydroxyl groups is 1. The number of nitrogens with zero attached hydrogens (tertiary/aromatic N) is 2. The van der Waals surface area contributed by atoms with Crippen molar-refractivity contribution in [2.24, 2.45) is 10.9 Å². The van der Waals surface area contributed by atoms with E-state index in [-0.39, 0.29) is 6.04 Å². The van der Waals surface area contributed by atoms with Crippen molar-refractivity contribution in [2.75, 3.05) is 11.5 Å². The predicted molar refractivity (Wildman–Crippen MR) is 94.3 cm³/mol. The number of fused-ring (bicyclic) bond motifs is 1. The number of hydrogen-bond donors (Lipinski definition) is 1. The van der Waals surface area contributed by atoms with Gasteiger partial charge < -0.3 is 14.7 Å². The van der Waals surface area contributed by atoms with Gasteiger partial charge in [0.05, 0.1) is 17.9 Å². The molecule has 1 aliphatic carbocycles. The van der Waals surface area contributed by atoms with E-state index in [0.717, 1.165) is 48.7 Å². The van der Waals surface area contributed by atoms with E-state index in [2.05, 4.69) is 36.4 Å². The molecule has 4 nitrogen and oxygen atoms in total. The van der Waals surface area contributed by atoms with Gasteiger partial charge in [-0.15, -0.1) is 0 Å². The van der Waals surface area contributed by atoms with Gasteiger partial charge in [-0.2, -0.15) is 0 Å². The number of aliphatic imine (C=N–C) groups is 1. The lowest BCUT2D eigenvalue weighted by atomic mass is 9.76. The van der Waals surface area contributed by atoms with Gasteiger partial charge in [0.25, 0.3) is 0 Å². The Bertz CT molecular complexity index is 626. The van der Waals surface area contributed by atoms with E-state index < -0.39 is 5.60 Å². The van der Waals surface area contributed by atoms with Crippen molar-refractivity contribution in [2.45, 2.75) is 51.7 Å². The van der Waals surface area contributed by atoms with Gasteiger partial charge in [-0.05, 0) is 50.3 Å². The SMILES string of the molecule is C=C1N=Cc2cc(OCCC(C)C)ccc2N1C1CC(C)(O)C1. The fourth-order valence-corrected chi connectivity index (χ4v) is 3.25. The minimum Gasteiger partial charge on any atom is -0.494 e. The first-order valence-corrected chi connectivity index (χ1v) is 8.37. The molecule has 0 amide bonds. The van der Waals surface area contributed by atoms with Crippen LogP contribution in [0.25, 0.3) is 0 Å². The number of hydrogen-bond acceptors (Lipinski definition) is 4. The quantitative estimate of drug-likeness (QED) is 0.900. The van der Waals surface area contributed by atoms with Crippen LogP contribution >= 0.6 is 0 Å². The lowest BCUT2D eigenvalue weighted by Gasteiger charge is -2.48. The normalized spacial score (nSPS) is 26.2. The summed E-state index contributed by atoms with van der Waals surface area (Å²) in [6, 6.07) is 6.38. The van der Waals surface area contributed by atoms with Crippen molar-refractivity contribution >= 4 is 11.9 Å². The molecular weight excluding hydrogens is 288 g/mol. The average Bonchev–Trinajstić information content (AvgIpc) is 2.44. The fourth-order valence-electron chi connectivity index (χ4n) is 3.25. The number of anilines is 1. The summed E-state index contributed by atoms with van der Waals surface area (Å²) in [6.07, 6.45) is 4.38. The summed E-state index contributed by atoms with van der Waals surface area (Å²) in [5, 5.41) is 10.0. The van der Waals surface area contributed by atoms with Crippen LogP contribution in [0.3, 0.4) is 0 Å². The second-order valence-corrected chi connectivity index (χ2v) is 7.36. The Labute approximate surface area is 138 Å². The molecule has 0 saturated heterocycles. The molecule has 2 aliphatic rings. The molecule has 1 saturated carbocycles. The first-order chi connectivity index (χ1) is 10.9. The molecule has 1 N–H and O–H groups in total. The van der Waals surface area contributed by atoms with Crippen LogP contribution in [-0.4, -0.2) is 29.6 Å². The van der Waals surface area contributed by atoms with Gasteiger partial charge in [0.2, 0.25) is 0 Å². The highest BCUT2D eigenvalue weighted by molar-refractivity contribution is 5.92. The molecule has 1 aromatic rings. The molecule has 1 heterocycles. The van der Waals surface area contributed by atoms with Crippen LogP contribution < -0.4 is 9.64 Å². The van der Waals surface area contributed by atoms with Gasteiger partial charge in [-0.1, -0.05) is 20.4 Å². The average molecular weight is 314 g/mol. The third-order valence-corrected chi connectivity index (χ3v) is 4.57. The molecule has 3 rings (SSSR count). The second kappa shape index (κ2) is 6.00. The van der Waals surface area contributed by atoms with E-state index in [1.807, 2.05) is 25.3 Å². The smallest absolute Gasteiger partial charge is 0.125 e. The molecule has 4 heteroatoms. The standard InChI is InChI=1S/C19H26N2O2/c1-13(2)7-8-23-17-5-6-18-15(9-17)12-20-14(3)21(18)16-10-19(4,22)11-16/h5-6,9,12-13,16,22H,3,7-8,10-11H2,1-2,4H3. The third kappa shape index (κ3) is 3.42. The zero-order valence-electron chi connectivity index (χ0n) is 14.2. The Morgan fingerprint density at radius 1 is 1.43 bits per heavy atom. The Morgan fingerprint density at radius 3 is 2.83 bits per heavy atom. The van der Waals surface area contributed by atoms with Crippen LogP contribution in [0.5, 0.6) is 5.75 Å². The second-order valence-electron chi connectivity index (χ2n) is 7.36. The van der Waals surface area contributed by atoms with Gasteiger partial charge in [0.15, 0.2) is 0 Å². The molecule has 0 spiro atoms. The van der Waals surface area contributed by atoms with Crippen molar-refractivity contribution in [3.05, 3.63) is 36.2 Å². The summed E-state index contributed by atoms with van der Waals surface area (Å²) in [6.45, 7) is 11.1. The van der Waals surface area contributed by atoms with E-state index in [4.69, 9.17) is 4.74 Å². The molecule has 0 bridgehead atoms. The van der Waals surface area contributed by atoms with Crippen LogP contribution in [0.4, 0.5) is 5.69 Å². The van der Waals surface area contributed by atoms with E-state index in [9.17, 15) is 5.11 Å². The Kier molecular flexibility index (Phi) is 4.19. The van der Waals surface area contributed by atoms with Crippen molar-refractivity contribution < 1.29 is 9.84 Å². The molecule has 1 aromatic carbocycles. The summed E-state index contributed by atoms with van der Waals surface area (Å²) >= 11 is 0. The predicted octanol–water partition coefficient (Wildman–Crippen LogP) is 3.74. The first kappa shape index (κ1) is 16.1. The van der Waals surface area contributed by atoms with Crippen LogP contribution in [0.1, 0.15) is 45.6 Å². The van der Waals surface area contributed by atoms with Crippen molar-refractivity contribution in [1.29, 1.82) is 0 Å². The topological polar surface area (TPSA) is 45.1 Å². The van der Waals surface area contributed by atoms with Crippen molar-refractivity contribution in [3.8, 4) is 5.75 Å². The monoisotopic (exact) mass is 314 g/mol. The maximum absolute atomic E-state index is 10.0. The number of rotatable bonds is 5. The Morgan fingerprint density at radius 2 is 2.17 bits per heavy atom. The van der Waals surface area contributed by atoms with E-state index in [1.54, 1.807) is 0 Å². The van der Waals surface area contributed by atoms with Crippen LogP contribution in [0, 0.1) is 5.92 Å². The molecule has 1 aliphatic heterocycles. The van der Waals surface area contributed by atoms with Crippen LogP contribution in [-0.2, 0) is 0 Å². The van der Waals surface area contributed by atoms with Gasteiger partial charge in [-0.25, -0.2) is 4.99 Å². The Balaban J connectivity index is 1.75. The minimum absolute atomic E-state index is 0.265. The highest BCUT2D eigenvalue weighted by Crippen LogP contribution is 2.42. The number of ether oxygens (including phenoxy) is 1. The van der Waals surface area contributed by atoms with Gasteiger partial charge >= 0.3 is 0 Å². The highest BCUT2D eigenvalue weighted by atomic mass is 16.5. The fraction of sp³-hybridized carbons (Fsp3) is 0.526. The largest absolute Gasteiger partial charge is 0.494 e. The van der Waals surface area contributed by atoms with Crippen LogP contribution in [0.15, 0.2) is 35.6 Å². The lowest BCUT2D eigenvalue weighted by Crippen LogP contribution is -2.53. The lowest BCUT2D eigenvalue weighted by molar-refractivity contribution is -0.0295. The molecule has 1 fully saturated rings. The summed E-state index contributed by atoms with van der Waals surface area (Å²) in [7, 11) is 0. The molecule has 0 radical (unpaired) electrons. The van der Waals surface area contributed by atoms with Gasteiger partial charge in [0.1, 0.15) is 11.6 Å². The summed E-state index contributed by atoms with van der Waals surface area (Å²) in [4.78, 5) is 6.57. The van der Waals surface area contributed by atoms with E-state index in [1.165, 1.54) is 0 Å². The summed E-state index contributed by atoms with van der Waals surface area (Å²) in [5.41, 5.74) is 1.58. The van der Waals surface area contributed by atoms with Gasteiger partial charge in [-0.3, -0.25) is 0 Å². The molecule has 0 atom stereocenters. The molecule has 124 valence electrons. The third-order valence-electron chi connectivity index (χ3n) is 4.57. The van der Waals surface area contributed by atoms with E-state index in [0.29, 0.717) is 5.92 Å². The first-order valence-electron chi connectivity index (χ1n) is 8.37. The maximum atomic E-state index is 10.0. The molecule has 0 aromatic heterocycles. The minimum atomic E-state index is -0.563. The highest BCUT2D eigenvalue weighted by Gasteiger charge is 2.43. The zero-order valence-corrected chi connectivity index (χ0v) is 14.2. The van der Waals surface area contributed by atoms with Crippen LogP contribution in [0.2, 0.25) is 0 Å². The van der Waals surface area contributed by atoms with Crippen molar-refractivity contribution in [3.63, 3.8) is 0 Å². The summed E-state index contributed by atoms with van der Waals surface area (Å²) in [5.74, 6) is 2.26. The summed E-state index contributed by atoms with van der Waals surface area (Å²) < 4.78 is 5.84.